The van der Waals surface area contributed by atoms with Gasteiger partial charge in [0.2, 0.25) is 0 Å². The van der Waals surface area contributed by atoms with Crippen molar-refractivity contribution < 1.29 is 27.9 Å². The molecule has 0 heterocycles. The van der Waals surface area contributed by atoms with Gasteiger partial charge < -0.3 is 10.4 Å². The molecule has 4 aromatic rings. The van der Waals surface area contributed by atoms with Gasteiger partial charge in [0.15, 0.2) is 0 Å². The van der Waals surface area contributed by atoms with E-state index >= 15 is 0 Å². The molecule has 0 aliphatic carbocycles. The summed E-state index contributed by atoms with van der Waals surface area (Å²) in [6.45, 7) is 0.342. The Balaban J connectivity index is 1.54. The van der Waals surface area contributed by atoms with Crippen LogP contribution < -0.4 is 10.2 Å². The number of carbonyl (C=O) groups excluding carboxylic acids is 1. The van der Waals surface area contributed by atoms with Gasteiger partial charge in [0.1, 0.15) is 0 Å². The van der Waals surface area contributed by atoms with E-state index in [4.69, 9.17) is 5.11 Å². The summed E-state index contributed by atoms with van der Waals surface area (Å²) in [5.41, 5.74) is 1.83. The van der Waals surface area contributed by atoms with Crippen molar-refractivity contribution in [3.05, 3.63) is 120 Å². The van der Waals surface area contributed by atoms with Crippen molar-refractivity contribution in [3.63, 3.8) is 0 Å². The average Bonchev–Trinajstić information content (AvgIpc) is 2.90. The number of aliphatic carboxylic acids is 1. The zero-order chi connectivity index (χ0) is 27.8. The van der Waals surface area contributed by atoms with Gasteiger partial charge in [-0.15, -0.1) is 0 Å². The molecule has 0 saturated carbocycles. The van der Waals surface area contributed by atoms with E-state index in [-0.39, 0.29) is 12.1 Å². The second kappa shape index (κ2) is 12.5. The van der Waals surface area contributed by atoms with E-state index in [1.54, 1.807) is 23.1 Å². The molecule has 0 spiro atoms. The third-order valence-corrected chi connectivity index (χ3v) is 6.82. The van der Waals surface area contributed by atoms with Crippen LogP contribution >= 0.6 is 11.8 Å². The van der Waals surface area contributed by atoms with Crippen molar-refractivity contribution >= 4 is 35.1 Å². The summed E-state index contributed by atoms with van der Waals surface area (Å²) in [5, 5.41) is 11.7. The molecular formula is C30H25F3N2O3S. The fourth-order valence-corrected chi connectivity index (χ4v) is 4.74. The maximum atomic E-state index is 13.3. The lowest BCUT2D eigenvalue weighted by Crippen LogP contribution is -2.36. The number of nitrogens with zero attached hydrogens (tertiary/aromatic N) is 1. The summed E-state index contributed by atoms with van der Waals surface area (Å²) >= 11 is 1.47. The van der Waals surface area contributed by atoms with E-state index in [1.807, 2.05) is 60.7 Å². The van der Waals surface area contributed by atoms with Gasteiger partial charge in [0, 0.05) is 27.7 Å². The standard InChI is InChI=1S/C30H25F3N2O3S/c31-30(32,33)23-11-13-24(14-12-23)34-29(38)35(18-17-21-5-2-1-3-6-21)25-7-4-8-27(20-25)39-26-15-9-22(10-16-26)19-28(36)37/h1-16,20H,17-19H2,(H,34,38)(H,36,37). The Bertz CT molecular complexity index is 1410. The number of alkyl halides is 3. The highest BCUT2D eigenvalue weighted by atomic mass is 32.2. The summed E-state index contributed by atoms with van der Waals surface area (Å²) in [5.74, 6) is -0.895. The molecule has 0 bridgehead atoms. The number of hydrogen-bond donors (Lipinski definition) is 2. The maximum absolute atomic E-state index is 13.3. The molecule has 2 amide bonds. The Morgan fingerprint density at radius 2 is 1.49 bits per heavy atom. The minimum atomic E-state index is -4.46. The zero-order valence-corrected chi connectivity index (χ0v) is 21.5. The van der Waals surface area contributed by atoms with Gasteiger partial charge in [0.25, 0.3) is 0 Å². The number of halogens is 3. The van der Waals surface area contributed by atoms with Crippen molar-refractivity contribution in [2.75, 3.05) is 16.8 Å². The van der Waals surface area contributed by atoms with Gasteiger partial charge in [0.05, 0.1) is 12.0 Å². The fraction of sp³-hybridized carbons (Fsp3) is 0.133. The van der Waals surface area contributed by atoms with Crippen LogP contribution in [0.15, 0.2) is 113 Å². The number of nitrogens with one attached hydrogen (secondary N) is 1. The van der Waals surface area contributed by atoms with Crippen LogP contribution in [-0.4, -0.2) is 23.7 Å². The third-order valence-electron chi connectivity index (χ3n) is 5.82. The average molecular weight is 551 g/mol. The monoisotopic (exact) mass is 550 g/mol. The number of carboxylic acids is 1. The summed E-state index contributed by atoms with van der Waals surface area (Å²) in [7, 11) is 0. The van der Waals surface area contributed by atoms with Gasteiger partial charge in [-0.05, 0) is 72.1 Å². The van der Waals surface area contributed by atoms with E-state index in [9.17, 15) is 22.8 Å². The molecule has 4 aromatic carbocycles. The van der Waals surface area contributed by atoms with Crippen molar-refractivity contribution in [2.45, 2.75) is 28.8 Å². The molecular weight excluding hydrogens is 525 g/mol. The van der Waals surface area contributed by atoms with Crippen LogP contribution in [0.2, 0.25) is 0 Å². The van der Waals surface area contributed by atoms with Crippen molar-refractivity contribution in [1.82, 2.24) is 0 Å². The molecule has 0 aromatic heterocycles. The molecule has 0 aliphatic rings. The Morgan fingerprint density at radius 3 is 2.13 bits per heavy atom. The minimum absolute atomic E-state index is 0.0507. The quantitative estimate of drug-likeness (QED) is 0.223. The lowest BCUT2D eigenvalue weighted by atomic mass is 10.1. The number of rotatable bonds is 9. The van der Waals surface area contributed by atoms with Crippen LogP contribution in [-0.2, 0) is 23.8 Å². The first-order valence-corrected chi connectivity index (χ1v) is 12.9. The highest BCUT2D eigenvalue weighted by Gasteiger charge is 2.30. The number of urea groups is 1. The lowest BCUT2D eigenvalue weighted by molar-refractivity contribution is -0.138. The molecule has 0 unspecified atom stereocenters. The number of carboxylic acid groups (broad SMARTS) is 1. The van der Waals surface area contributed by atoms with E-state index in [0.717, 1.165) is 27.5 Å². The first kappa shape index (κ1) is 27.8. The van der Waals surface area contributed by atoms with Crippen LogP contribution in [0.3, 0.4) is 0 Å². The maximum Gasteiger partial charge on any atom is 0.416 e. The number of benzene rings is 4. The SMILES string of the molecule is O=C(O)Cc1ccc(Sc2cccc(N(CCc3ccccc3)C(=O)Nc3ccc(C(F)(F)F)cc3)c2)cc1. The Hall–Kier alpha value is -4.24. The van der Waals surface area contributed by atoms with Crippen molar-refractivity contribution in [1.29, 1.82) is 0 Å². The van der Waals surface area contributed by atoms with Gasteiger partial charge >= 0.3 is 18.2 Å². The molecule has 39 heavy (non-hydrogen) atoms. The van der Waals surface area contributed by atoms with E-state index in [1.165, 1.54) is 23.9 Å². The Kier molecular flexibility index (Phi) is 8.93. The Morgan fingerprint density at radius 1 is 0.795 bits per heavy atom. The van der Waals surface area contributed by atoms with Crippen LogP contribution in [0.1, 0.15) is 16.7 Å². The first-order valence-electron chi connectivity index (χ1n) is 12.1. The van der Waals surface area contributed by atoms with Crippen LogP contribution in [0, 0.1) is 0 Å². The summed E-state index contributed by atoms with van der Waals surface area (Å²) in [6, 6.07) is 28.2. The third kappa shape index (κ3) is 8.12. The largest absolute Gasteiger partial charge is 0.481 e. The molecule has 4 rings (SSSR count). The molecule has 0 aliphatic heterocycles. The number of anilines is 2. The van der Waals surface area contributed by atoms with Gasteiger partial charge in [-0.25, -0.2) is 4.79 Å². The second-order valence-electron chi connectivity index (χ2n) is 8.71. The molecule has 0 fully saturated rings. The smallest absolute Gasteiger partial charge is 0.416 e. The number of amides is 2. The van der Waals surface area contributed by atoms with Gasteiger partial charge in [-0.1, -0.05) is 60.3 Å². The highest BCUT2D eigenvalue weighted by Crippen LogP contribution is 2.32. The number of carbonyl (C=O) groups is 2. The molecule has 2 N–H and O–H groups in total. The van der Waals surface area contributed by atoms with Gasteiger partial charge in [-0.2, -0.15) is 13.2 Å². The normalized spacial score (nSPS) is 11.2. The zero-order valence-electron chi connectivity index (χ0n) is 20.7. The number of hydrogen-bond acceptors (Lipinski definition) is 3. The van der Waals surface area contributed by atoms with E-state index < -0.39 is 23.7 Å². The lowest BCUT2D eigenvalue weighted by Gasteiger charge is -2.24. The van der Waals surface area contributed by atoms with Crippen LogP contribution in [0.25, 0.3) is 0 Å². The van der Waals surface area contributed by atoms with Crippen molar-refractivity contribution in [2.24, 2.45) is 0 Å². The fourth-order valence-electron chi connectivity index (χ4n) is 3.87. The summed E-state index contributed by atoms with van der Waals surface area (Å²) in [6.07, 6.45) is -3.94. The topological polar surface area (TPSA) is 69.6 Å². The Labute approximate surface area is 228 Å². The molecule has 0 radical (unpaired) electrons. The van der Waals surface area contributed by atoms with Gasteiger partial charge in [-0.3, -0.25) is 9.69 Å². The molecule has 9 heteroatoms. The van der Waals surface area contributed by atoms with Crippen LogP contribution in [0.4, 0.5) is 29.3 Å². The highest BCUT2D eigenvalue weighted by molar-refractivity contribution is 7.99. The van der Waals surface area contributed by atoms with Crippen molar-refractivity contribution in [3.8, 4) is 0 Å². The predicted octanol–water partition coefficient (Wildman–Crippen LogP) is 7.76. The van der Waals surface area contributed by atoms with E-state index in [0.29, 0.717) is 24.2 Å². The van der Waals surface area contributed by atoms with E-state index in [2.05, 4.69) is 5.32 Å². The summed E-state index contributed by atoms with van der Waals surface area (Å²) in [4.78, 5) is 27.6. The second-order valence-corrected chi connectivity index (χ2v) is 9.85. The minimum Gasteiger partial charge on any atom is -0.481 e. The molecule has 0 saturated heterocycles. The van der Waals surface area contributed by atoms with Crippen LogP contribution in [0.5, 0.6) is 0 Å². The predicted molar refractivity (Wildman–Crippen MR) is 146 cm³/mol. The summed E-state index contributed by atoms with van der Waals surface area (Å²) < 4.78 is 38.8. The molecule has 0 atom stereocenters. The molecule has 200 valence electrons. The molecule has 5 nitrogen and oxygen atoms in total. The first-order chi connectivity index (χ1) is 18.7.